The number of rotatable bonds is 7. The third kappa shape index (κ3) is 3.77. The van der Waals surface area contributed by atoms with Crippen molar-refractivity contribution in [2.45, 2.75) is 32.1 Å². The van der Waals surface area contributed by atoms with E-state index in [0.717, 1.165) is 38.2 Å². The first-order valence-corrected chi connectivity index (χ1v) is 6.63. The predicted molar refractivity (Wildman–Crippen MR) is 69.5 cm³/mol. The molecule has 18 heavy (non-hydrogen) atoms. The van der Waals surface area contributed by atoms with Gasteiger partial charge in [0, 0.05) is 25.2 Å². The van der Waals surface area contributed by atoms with Gasteiger partial charge in [-0.3, -0.25) is 4.79 Å². The topological polar surface area (TPSA) is 66.9 Å². The van der Waals surface area contributed by atoms with Gasteiger partial charge in [0.25, 0.3) is 5.91 Å². The SMILES string of the molecule is CCCNCCNC(=O)c1ccnc(C2CC2)n1. The average molecular weight is 248 g/mol. The molecule has 0 bridgehead atoms. The standard InChI is InChI=1S/C13H20N4O/c1-2-6-14-8-9-16-13(18)11-5-7-15-12(17-11)10-3-4-10/h5,7,10,14H,2-4,6,8-9H2,1H3,(H,16,18). The molecule has 0 spiro atoms. The largest absolute Gasteiger partial charge is 0.349 e. The van der Waals surface area contributed by atoms with E-state index in [0.29, 0.717) is 18.2 Å². The van der Waals surface area contributed by atoms with Gasteiger partial charge in [-0.05, 0) is 31.9 Å². The van der Waals surface area contributed by atoms with Gasteiger partial charge in [-0.2, -0.15) is 0 Å². The van der Waals surface area contributed by atoms with Crippen molar-refractivity contribution >= 4 is 5.91 Å². The molecule has 0 aromatic carbocycles. The van der Waals surface area contributed by atoms with Crippen molar-refractivity contribution in [2.75, 3.05) is 19.6 Å². The summed E-state index contributed by atoms with van der Waals surface area (Å²) in [6.45, 7) is 4.52. The van der Waals surface area contributed by atoms with Crippen LogP contribution in [0.2, 0.25) is 0 Å². The summed E-state index contributed by atoms with van der Waals surface area (Å²) >= 11 is 0. The predicted octanol–water partition coefficient (Wildman–Crippen LogP) is 1.08. The summed E-state index contributed by atoms with van der Waals surface area (Å²) in [7, 11) is 0. The highest BCUT2D eigenvalue weighted by molar-refractivity contribution is 5.92. The van der Waals surface area contributed by atoms with Crippen LogP contribution in [0.25, 0.3) is 0 Å². The van der Waals surface area contributed by atoms with Crippen molar-refractivity contribution in [3.8, 4) is 0 Å². The normalized spacial score (nSPS) is 14.5. The molecule has 1 aromatic heterocycles. The molecule has 1 fully saturated rings. The fourth-order valence-corrected chi connectivity index (χ4v) is 1.70. The minimum absolute atomic E-state index is 0.113. The van der Waals surface area contributed by atoms with Gasteiger partial charge in [-0.1, -0.05) is 6.92 Å². The first-order valence-electron chi connectivity index (χ1n) is 6.63. The molecule has 0 saturated heterocycles. The van der Waals surface area contributed by atoms with Crippen LogP contribution in [0.15, 0.2) is 12.3 Å². The van der Waals surface area contributed by atoms with Gasteiger partial charge < -0.3 is 10.6 Å². The van der Waals surface area contributed by atoms with E-state index >= 15 is 0 Å². The first-order chi connectivity index (χ1) is 8.81. The van der Waals surface area contributed by atoms with Crippen LogP contribution < -0.4 is 10.6 Å². The highest BCUT2D eigenvalue weighted by atomic mass is 16.1. The Bertz CT molecular complexity index is 404. The Hall–Kier alpha value is -1.49. The molecular formula is C13H20N4O. The lowest BCUT2D eigenvalue weighted by Gasteiger charge is -2.06. The van der Waals surface area contributed by atoms with Crippen molar-refractivity contribution in [3.63, 3.8) is 0 Å². The minimum atomic E-state index is -0.113. The number of aromatic nitrogens is 2. The van der Waals surface area contributed by atoms with Crippen LogP contribution >= 0.6 is 0 Å². The van der Waals surface area contributed by atoms with E-state index in [1.54, 1.807) is 12.3 Å². The molecule has 5 heteroatoms. The van der Waals surface area contributed by atoms with Crippen LogP contribution in [0.3, 0.4) is 0 Å². The van der Waals surface area contributed by atoms with Crippen molar-refractivity contribution in [1.29, 1.82) is 0 Å². The summed E-state index contributed by atoms with van der Waals surface area (Å²) in [4.78, 5) is 20.4. The van der Waals surface area contributed by atoms with Gasteiger partial charge in [0.2, 0.25) is 0 Å². The molecule has 1 heterocycles. The Morgan fingerprint density at radius 1 is 1.39 bits per heavy atom. The molecule has 1 saturated carbocycles. The molecular weight excluding hydrogens is 228 g/mol. The fraction of sp³-hybridized carbons (Fsp3) is 0.615. The van der Waals surface area contributed by atoms with Gasteiger partial charge in [0.1, 0.15) is 11.5 Å². The molecule has 1 amide bonds. The quantitative estimate of drug-likeness (QED) is 0.709. The molecule has 98 valence electrons. The molecule has 0 atom stereocenters. The monoisotopic (exact) mass is 248 g/mol. The first kappa shape index (κ1) is 13.0. The molecule has 0 unspecified atom stereocenters. The molecule has 2 N–H and O–H groups in total. The van der Waals surface area contributed by atoms with Crippen LogP contribution in [0, 0.1) is 0 Å². The number of carbonyl (C=O) groups is 1. The van der Waals surface area contributed by atoms with E-state index in [-0.39, 0.29) is 5.91 Å². The van der Waals surface area contributed by atoms with Crippen molar-refractivity contribution in [2.24, 2.45) is 0 Å². The average Bonchev–Trinajstić information content (AvgIpc) is 3.23. The number of carbonyl (C=O) groups excluding carboxylic acids is 1. The zero-order chi connectivity index (χ0) is 12.8. The molecule has 1 aliphatic rings. The van der Waals surface area contributed by atoms with E-state index in [2.05, 4.69) is 27.5 Å². The van der Waals surface area contributed by atoms with Gasteiger partial charge in [0.05, 0.1) is 0 Å². The van der Waals surface area contributed by atoms with E-state index < -0.39 is 0 Å². The van der Waals surface area contributed by atoms with E-state index in [9.17, 15) is 4.79 Å². The van der Waals surface area contributed by atoms with Crippen LogP contribution in [-0.4, -0.2) is 35.5 Å². The highest BCUT2D eigenvalue weighted by Gasteiger charge is 2.27. The molecule has 0 radical (unpaired) electrons. The van der Waals surface area contributed by atoms with E-state index in [1.807, 2.05) is 0 Å². The van der Waals surface area contributed by atoms with Gasteiger partial charge >= 0.3 is 0 Å². The summed E-state index contributed by atoms with van der Waals surface area (Å²) in [6.07, 6.45) is 5.06. The van der Waals surface area contributed by atoms with Gasteiger partial charge in [-0.15, -0.1) is 0 Å². The third-order valence-electron chi connectivity index (χ3n) is 2.86. The Balaban J connectivity index is 1.79. The lowest BCUT2D eigenvalue weighted by Crippen LogP contribution is -2.32. The van der Waals surface area contributed by atoms with Crippen LogP contribution in [-0.2, 0) is 0 Å². The number of nitrogens with zero attached hydrogens (tertiary/aromatic N) is 2. The highest BCUT2D eigenvalue weighted by Crippen LogP contribution is 2.37. The lowest BCUT2D eigenvalue weighted by atomic mass is 10.3. The zero-order valence-corrected chi connectivity index (χ0v) is 10.8. The number of hydrogen-bond acceptors (Lipinski definition) is 4. The molecule has 1 aromatic rings. The Morgan fingerprint density at radius 2 is 2.22 bits per heavy atom. The van der Waals surface area contributed by atoms with Crippen LogP contribution in [0.5, 0.6) is 0 Å². The second kappa shape index (κ2) is 6.44. The summed E-state index contributed by atoms with van der Waals surface area (Å²) < 4.78 is 0. The number of hydrogen-bond donors (Lipinski definition) is 2. The molecule has 0 aliphatic heterocycles. The van der Waals surface area contributed by atoms with Gasteiger partial charge in [-0.25, -0.2) is 9.97 Å². The number of amides is 1. The summed E-state index contributed by atoms with van der Waals surface area (Å²) in [6, 6.07) is 1.67. The molecule has 5 nitrogen and oxygen atoms in total. The van der Waals surface area contributed by atoms with Gasteiger partial charge in [0.15, 0.2) is 0 Å². The van der Waals surface area contributed by atoms with Crippen LogP contribution in [0.4, 0.5) is 0 Å². The number of nitrogens with one attached hydrogen (secondary N) is 2. The smallest absolute Gasteiger partial charge is 0.270 e. The molecule has 1 aliphatic carbocycles. The second-order valence-electron chi connectivity index (χ2n) is 4.58. The Kier molecular flexibility index (Phi) is 4.64. The second-order valence-corrected chi connectivity index (χ2v) is 4.58. The Morgan fingerprint density at radius 3 is 2.94 bits per heavy atom. The Labute approximate surface area is 107 Å². The summed E-state index contributed by atoms with van der Waals surface area (Å²) in [5.74, 6) is 1.17. The molecule has 2 rings (SSSR count). The lowest BCUT2D eigenvalue weighted by molar-refractivity contribution is 0.0948. The van der Waals surface area contributed by atoms with Crippen molar-refractivity contribution < 1.29 is 4.79 Å². The van der Waals surface area contributed by atoms with Crippen molar-refractivity contribution in [3.05, 3.63) is 23.8 Å². The maximum atomic E-state index is 11.8. The maximum Gasteiger partial charge on any atom is 0.270 e. The maximum absolute atomic E-state index is 11.8. The fourth-order valence-electron chi connectivity index (χ4n) is 1.70. The van der Waals surface area contributed by atoms with E-state index in [1.165, 1.54) is 0 Å². The van der Waals surface area contributed by atoms with Crippen molar-refractivity contribution in [1.82, 2.24) is 20.6 Å². The zero-order valence-electron chi connectivity index (χ0n) is 10.8. The third-order valence-corrected chi connectivity index (χ3v) is 2.86. The summed E-state index contributed by atoms with van der Waals surface area (Å²) in [5, 5.41) is 6.09. The van der Waals surface area contributed by atoms with Crippen LogP contribution in [0.1, 0.15) is 48.4 Å². The van der Waals surface area contributed by atoms with E-state index in [4.69, 9.17) is 0 Å². The minimum Gasteiger partial charge on any atom is -0.349 e. The summed E-state index contributed by atoms with van der Waals surface area (Å²) in [5.41, 5.74) is 0.474.